The molecule has 7 nitrogen and oxygen atoms in total. The number of nitrogens with zero attached hydrogens (tertiary/aromatic N) is 3. The van der Waals surface area contributed by atoms with E-state index in [0.29, 0.717) is 11.7 Å². The first kappa shape index (κ1) is 18.7. The maximum absolute atomic E-state index is 6.10. The number of fused-ring (bicyclic) bond motifs is 1. The van der Waals surface area contributed by atoms with Gasteiger partial charge in [-0.3, -0.25) is 0 Å². The standard InChI is InChI=1S/C23H23N5O2/c1-2-16-11-17-13-25-23(27-22(17)21(12-16)30-20-14-24-15-20)26-18-3-5-19(6-4-18)28-7-9-29-10-8-28/h1,3-6,11-13,20,24H,7-10,14-15H2,(H,25,26,27). The molecule has 0 saturated carbocycles. The largest absolute Gasteiger partial charge is 0.485 e. The molecule has 2 aliphatic rings. The van der Waals surface area contributed by atoms with E-state index in [4.69, 9.17) is 20.9 Å². The first-order chi connectivity index (χ1) is 14.8. The predicted octanol–water partition coefficient (Wildman–Crippen LogP) is 2.54. The normalized spacial score (nSPS) is 16.7. The average molecular weight is 401 g/mol. The van der Waals surface area contributed by atoms with Gasteiger partial charge in [0.15, 0.2) is 0 Å². The fourth-order valence-electron chi connectivity index (χ4n) is 3.58. The Bertz CT molecular complexity index is 1080. The van der Waals surface area contributed by atoms with Crippen molar-refractivity contribution in [1.29, 1.82) is 0 Å². The lowest BCUT2D eigenvalue weighted by atomic mass is 10.1. The van der Waals surface area contributed by atoms with Crippen LogP contribution in [0.3, 0.4) is 0 Å². The highest BCUT2D eigenvalue weighted by molar-refractivity contribution is 5.86. The Morgan fingerprint density at radius 3 is 2.67 bits per heavy atom. The van der Waals surface area contributed by atoms with E-state index in [-0.39, 0.29) is 6.10 Å². The monoisotopic (exact) mass is 401 g/mol. The Morgan fingerprint density at radius 1 is 1.17 bits per heavy atom. The Kier molecular flexibility index (Phi) is 5.10. The van der Waals surface area contributed by atoms with Gasteiger partial charge in [-0.25, -0.2) is 9.97 Å². The van der Waals surface area contributed by atoms with Crippen LogP contribution in [-0.2, 0) is 4.74 Å². The van der Waals surface area contributed by atoms with Crippen LogP contribution in [0.1, 0.15) is 5.56 Å². The molecule has 0 atom stereocenters. The molecular weight excluding hydrogens is 378 g/mol. The summed E-state index contributed by atoms with van der Waals surface area (Å²) in [5.74, 6) is 3.89. The van der Waals surface area contributed by atoms with Crippen molar-refractivity contribution in [2.75, 3.05) is 49.6 Å². The number of benzene rings is 2. The predicted molar refractivity (Wildman–Crippen MR) is 118 cm³/mol. The summed E-state index contributed by atoms with van der Waals surface area (Å²) in [4.78, 5) is 11.5. The third-order valence-electron chi connectivity index (χ3n) is 5.35. The molecule has 2 aromatic carbocycles. The van der Waals surface area contributed by atoms with Gasteiger partial charge < -0.3 is 25.0 Å². The van der Waals surface area contributed by atoms with Crippen molar-refractivity contribution in [2.45, 2.75) is 6.10 Å². The molecule has 5 rings (SSSR count). The number of morpholine rings is 1. The molecule has 2 aliphatic heterocycles. The molecule has 2 N–H and O–H groups in total. The fourth-order valence-corrected chi connectivity index (χ4v) is 3.58. The summed E-state index contributed by atoms with van der Waals surface area (Å²) >= 11 is 0. The number of terminal acetylenes is 1. The Labute approximate surface area is 175 Å². The van der Waals surface area contributed by atoms with E-state index in [1.165, 1.54) is 5.69 Å². The van der Waals surface area contributed by atoms with Crippen molar-refractivity contribution in [1.82, 2.24) is 15.3 Å². The quantitative estimate of drug-likeness (QED) is 0.637. The minimum Gasteiger partial charge on any atom is -0.485 e. The molecule has 0 amide bonds. The third kappa shape index (κ3) is 3.88. The molecule has 0 bridgehead atoms. The number of aromatic nitrogens is 2. The number of anilines is 3. The van der Waals surface area contributed by atoms with Gasteiger partial charge in [0, 0.05) is 54.7 Å². The van der Waals surface area contributed by atoms with Gasteiger partial charge in [0.05, 0.1) is 13.2 Å². The summed E-state index contributed by atoms with van der Waals surface area (Å²) in [6.07, 6.45) is 7.52. The van der Waals surface area contributed by atoms with Crippen LogP contribution >= 0.6 is 0 Å². The van der Waals surface area contributed by atoms with Gasteiger partial charge in [0.2, 0.25) is 5.95 Å². The second-order valence-corrected chi connectivity index (χ2v) is 7.42. The van der Waals surface area contributed by atoms with Crippen LogP contribution in [0.2, 0.25) is 0 Å². The number of nitrogens with one attached hydrogen (secondary N) is 2. The summed E-state index contributed by atoms with van der Waals surface area (Å²) in [6.45, 7) is 5.03. The van der Waals surface area contributed by atoms with Crippen molar-refractivity contribution in [3.63, 3.8) is 0 Å². The maximum atomic E-state index is 6.10. The van der Waals surface area contributed by atoms with Gasteiger partial charge in [-0.05, 0) is 36.4 Å². The van der Waals surface area contributed by atoms with Gasteiger partial charge in [0.25, 0.3) is 0 Å². The molecule has 152 valence electrons. The van der Waals surface area contributed by atoms with E-state index < -0.39 is 0 Å². The zero-order valence-corrected chi connectivity index (χ0v) is 16.6. The number of hydrogen-bond donors (Lipinski definition) is 2. The van der Waals surface area contributed by atoms with Crippen LogP contribution in [0.4, 0.5) is 17.3 Å². The SMILES string of the molecule is C#Cc1cc(OC2CNC2)c2nc(Nc3ccc(N4CCOCC4)cc3)ncc2c1. The first-order valence-corrected chi connectivity index (χ1v) is 10.1. The summed E-state index contributed by atoms with van der Waals surface area (Å²) in [7, 11) is 0. The molecule has 3 heterocycles. The lowest BCUT2D eigenvalue weighted by Gasteiger charge is -2.29. The maximum Gasteiger partial charge on any atom is 0.227 e. The topological polar surface area (TPSA) is 71.5 Å². The van der Waals surface area contributed by atoms with Crippen LogP contribution < -0.4 is 20.3 Å². The number of rotatable bonds is 5. The summed E-state index contributed by atoms with van der Waals surface area (Å²) < 4.78 is 11.5. The minimum atomic E-state index is 0.139. The summed E-state index contributed by atoms with van der Waals surface area (Å²) in [6, 6.07) is 12.1. The van der Waals surface area contributed by atoms with Gasteiger partial charge in [-0.1, -0.05) is 5.92 Å². The second kappa shape index (κ2) is 8.19. The van der Waals surface area contributed by atoms with Crippen molar-refractivity contribution < 1.29 is 9.47 Å². The van der Waals surface area contributed by atoms with Gasteiger partial charge >= 0.3 is 0 Å². The number of ether oxygens (including phenoxy) is 2. The van der Waals surface area contributed by atoms with E-state index in [2.05, 4.69) is 38.6 Å². The highest BCUT2D eigenvalue weighted by Crippen LogP contribution is 2.29. The molecule has 0 spiro atoms. The van der Waals surface area contributed by atoms with Crippen molar-refractivity contribution in [3.05, 3.63) is 48.2 Å². The zero-order chi connectivity index (χ0) is 20.3. The molecule has 0 radical (unpaired) electrons. The molecule has 3 aromatic rings. The van der Waals surface area contributed by atoms with Crippen LogP contribution in [0.25, 0.3) is 10.9 Å². The molecule has 0 unspecified atom stereocenters. The highest BCUT2D eigenvalue weighted by Gasteiger charge is 2.20. The Hall–Kier alpha value is -3.34. The highest BCUT2D eigenvalue weighted by atomic mass is 16.5. The van der Waals surface area contributed by atoms with Crippen molar-refractivity contribution in [3.8, 4) is 18.1 Å². The van der Waals surface area contributed by atoms with Crippen LogP contribution in [0, 0.1) is 12.3 Å². The van der Waals surface area contributed by atoms with Crippen molar-refractivity contribution in [2.24, 2.45) is 0 Å². The molecule has 2 fully saturated rings. The van der Waals surface area contributed by atoms with Crippen LogP contribution in [0.5, 0.6) is 5.75 Å². The van der Waals surface area contributed by atoms with Gasteiger partial charge in [0.1, 0.15) is 17.4 Å². The van der Waals surface area contributed by atoms with E-state index in [1.807, 2.05) is 24.3 Å². The van der Waals surface area contributed by atoms with Crippen LogP contribution in [0.15, 0.2) is 42.6 Å². The summed E-state index contributed by atoms with van der Waals surface area (Å²) in [5.41, 5.74) is 3.63. The van der Waals surface area contributed by atoms with Crippen molar-refractivity contribution >= 4 is 28.2 Å². The molecule has 30 heavy (non-hydrogen) atoms. The van der Waals surface area contributed by atoms with Crippen LogP contribution in [-0.4, -0.2) is 55.5 Å². The lowest BCUT2D eigenvalue weighted by Crippen LogP contribution is -2.50. The molecule has 1 aromatic heterocycles. The molecular formula is C23H23N5O2. The number of hydrogen-bond acceptors (Lipinski definition) is 7. The van der Waals surface area contributed by atoms with E-state index in [9.17, 15) is 0 Å². The van der Waals surface area contributed by atoms with E-state index in [0.717, 1.165) is 61.5 Å². The average Bonchev–Trinajstić information content (AvgIpc) is 2.77. The zero-order valence-electron chi connectivity index (χ0n) is 16.6. The molecule has 7 heteroatoms. The molecule has 0 aliphatic carbocycles. The summed E-state index contributed by atoms with van der Waals surface area (Å²) in [5, 5.41) is 7.36. The van der Waals surface area contributed by atoms with E-state index >= 15 is 0 Å². The lowest BCUT2D eigenvalue weighted by molar-refractivity contribution is 0.122. The first-order valence-electron chi connectivity index (χ1n) is 10.1. The minimum absolute atomic E-state index is 0.139. The smallest absolute Gasteiger partial charge is 0.227 e. The van der Waals surface area contributed by atoms with E-state index in [1.54, 1.807) is 6.20 Å². The van der Waals surface area contributed by atoms with Gasteiger partial charge in [-0.15, -0.1) is 6.42 Å². The van der Waals surface area contributed by atoms with Gasteiger partial charge in [-0.2, -0.15) is 0 Å². The Morgan fingerprint density at radius 2 is 1.97 bits per heavy atom. The molecule has 2 saturated heterocycles. The Balaban J connectivity index is 1.39. The second-order valence-electron chi connectivity index (χ2n) is 7.42. The third-order valence-corrected chi connectivity index (χ3v) is 5.35. The fraction of sp³-hybridized carbons (Fsp3) is 0.304.